The Balaban J connectivity index is 4.00. The Morgan fingerprint density at radius 1 is 1.12 bits per heavy atom. The quantitative estimate of drug-likeness (QED) is 0.475. The third kappa shape index (κ3) is 5.99. The van der Waals surface area contributed by atoms with E-state index in [4.69, 9.17) is 8.85 Å². The number of rotatable bonds is 10. The van der Waals surface area contributed by atoms with Crippen LogP contribution in [0.4, 0.5) is 0 Å². The lowest BCUT2D eigenvalue weighted by atomic mass is 10.3. The van der Waals surface area contributed by atoms with Crippen molar-refractivity contribution in [2.75, 3.05) is 26.3 Å². The first-order valence-electron chi connectivity index (χ1n) is 6.59. The fourth-order valence-electron chi connectivity index (χ4n) is 1.71. The van der Waals surface area contributed by atoms with Crippen molar-refractivity contribution < 1.29 is 8.85 Å². The van der Waals surface area contributed by atoms with Gasteiger partial charge in [-0.05, 0) is 39.9 Å². The smallest absolute Gasteiger partial charge is 0.339 e. The maximum Gasteiger partial charge on any atom is 0.339 e. The van der Waals surface area contributed by atoms with Gasteiger partial charge >= 0.3 is 8.56 Å². The lowest BCUT2D eigenvalue weighted by Gasteiger charge is -2.32. The zero-order chi connectivity index (χ0) is 12.4. The van der Waals surface area contributed by atoms with Gasteiger partial charge in [-0.15, -0.1) is 0 Å². The van der Waals surface area contributed by atoms with E-state index in [2.05, 4.69) is 25.7 Å². The third-order valence-corrected chi connectivity index (χ3v) is 6.63. The highest BCUT2D eigenvalue weighted by Gasteiger charge is 2.37. The molecule has 0 amide bonds. The molecule has 16 heavy (non-hydrogen) atoms. The van der Waals surface area contributed by atoms with Crippen LogP contribution in [-0.4, -0.2) is 34.9 Å². The molecule has 0 saturated heterocycles. The lowest BCUT2D eigenvalue weighted by Crippen LogP contribution is -2.46. The van der Waals surface area contributed by atoms with E-state index in [0.717, 1.165) is 26.3 Å². The standard InChI is InChI=1S/C12H29NO2Si/c1-6-9-10-13-11-12(4)16(5,14-7-2)15-8-3/h12-13H,6-11H2,1-5H3. The number of unbranched alkanes of at least 4 members (excludes halogenated alkanes) is 1. The molecule has 0 aliphatic heterocycles. The van der Waals surface area contributed by atoms with Gasteiger partial charge in [-0.25, -0.2) is 0 Å². The Morgan fingerprint density at radius 3 is 2.12 bits per heavy atom. The van der Waals surface area contributed by atoms with E-state index in [-0.39, 0.29) is 0 Å². The molecule has 1 unspecified atom stereocenters. The Morgan fingerprint density at radius 2 is 1.69 bits per heavy atom. The number of nitrogens with one attached hydrogen (secondary N) is 1. The van der Waals surface area contributed by atoms with Gasteiger partial charge in [0.2, 0.25) is 0 Å². The molecule has 3 nitrogen and oxygen atoms in total. The summed E-state index contributed by atoms with van der Waals surface area (Å²) in [6.45, 7) is 14.3. The molecule has 0 heterocycles. The second-order valence-corrected chi connectivity index (χ2v) is 7.94. The summed E-state index contributed by atoms with van der Waals surface area (Å²) < 4.78 is 11.7. The molecule has 0 bridgehead atoms. The first kappa shape index (κ1) is 16.1. The normalized spacial score (nSPS) is 14.1. The highest BCUT2D eigenvalue weighted by molar-refractivity contribution is 6.67. The van der Waals surface area contributed by atoms with E-state index in [1.54, 1.807) is 0 Å². The minimum absolute atomic E-state index is 0.490. The van der Waals surface area contributed by atoms with E-state index in [1.165, 1.54) is 12.8 Å². The molecule has 0 aliphatic carbocycles. The van der Waals surface area contributed by atoms with Crippen molar-refractivity contribution in [2.24, 2.45) is 0 Å². The van der Waals surface area contributed by atoms with Gasteiger partial charge in [0.25, 0.3) is 0 Å². The van der Waals surface area contributed by atoms with Crippen molar-refractivity contribution in [1.82, 2.24) is 5.32 Å². The molecule has 1 N–H and O–H groups in total. The van der Waals surface area contributed by atoms with E-state index in [9.17, 15) is 0 Å². The summed E-state index contributed by atoms with van der Waals surface area (Å²) in [7, 11) is -1.98. The summed E-state index contributed by atoms with van der Waals surface area (Å²) in [5.74, 6) is 0. The van der Waals surface area contributed by atoms with Gasteiger partial charge in [-0.1, -0.05) is 20.3 Å². The van der Waals surface area contributed by atoms with Gasteiger partial charge in [0.05, 0.1) is 0 Å². The molecule has 4 heteroatoms. The van der Waals surface area contributed by atoms with Crippen LogP contribution in [-0.2, 0) is 8.85 Å². The zero-order valence-electron chi connectivity index (χ0n) is 11.6. The number of hydrogen-bond acceptors (Lipinski definition) is 3. The van der Waals surface area contributed by atoms with Crippen molar-refractivity contribution >= 4 is 8.56 Å². The van der Waals surface area contributed by atoms with Crippen molar-refractivity contribution in [3.63, 3.8) is 0 Å². The first-order valence-corrected chi connectivity index (χ1v) is 8.98. The van der Waals surface area contributed by atoms with Crippen LogP contribution in [0, 0.1) is 0 Å². The van der Waals surface area contributed by atoms with E-state index in [0.29, 0.717) is 5.54 Å². The number of hydrogen-bond donors (Lipinski definition) is 1. The van der Waals surface area contributed by atoms with Gasteiger partial charge < -0.3 is 14.2 Å². The fraction of sp³-hybridized carbons (Fsp3) is 1.00. The minimum atomic E-state index is -1.98. The average Bonchev–Trinajstić information content (AvgIpc) is 2.24. The molecule has 98 valence electrons. The topological polar surface area (TPSA) is 30.5 Å². The molecule has 0 aromatic carbocycles. The molecular formula is C12H29NO2Si. The molecule has 0 saturated carbocycles. The SMILES string of the molecule is CCCCNCC(C)[Si](C)(OCC)OCC. The van der Waals surface area contributed by atoms with Gasteiger partial charge in [-0.2, -0.15) is 0 Å². The van der Waals surface area contributed by atoms with E-state index >= 15 is 0 Å². The summed E-state index contributed by atoms with van der Waals surface area (Å²) >= 11 is 0. The molecule has 0 aromatic heterocycles. The van der Waals surface area contributed by atoms with Gasteiger partial charge in [0.1, 0.15) is 0 Å². The fourth-order valence-corrected chi connectivity index (χ4v) is 4.02. The summed E-state index contributed by atoms with van der Waals surface area (Å²) in [5.41, 5.74) is 0.490. The predicted octanol–water partition coefficient (Wildman–Crippen LogP) is 2.91. The Kier molecular flexibility index (Phi) is 9.22. The minimum Gasteiger partial charge on any atom is -0.394 e. The van der Waals surface area contributed by atoms with Crippen LogP contribution in [0.25, 0.3) is 0 Å². The third-order valence-electron chi connectivity index (χ3n) is 2.91. The highest BCUT2D eigenvalue weighted by atomic mass is 28.4. The van der Waals surface area contributed by atoms with Crippen molar-refractivity contribution in [3.8, 4) is 0 Å². The first-order chi connectivity index (χ1) is 7.60. The summed E-state index contributed by atoms with van der Waals surface area (Å²) in [4.78, 5) is 0. The Labute approximate surface area is 102 Å². The van der Waals surface area contributed by atoms with E-state index < -0.39 is 8.56 Å². The molecular weight excluding hydrogens is 218 g/mol. The van der Waals surface area contributed by atoms with Crippen molar-refractivity contribution in [2.45, 2.75) is 52.6 Å². The molecule has 0 aliphatic rings. The van der Waals surface area contributed by atoms with Crippen molar-refractivity contribution in [3.05, 3.63) is 0 Å². The van der Waals surface area contributed by atoms with Crippen LogP contribution in [0.2, 0.25) is 12.1 Å². The zero-order valence-corrected chi connectivity index (χ0v) is 12.6. The molecule has 0 rings (SSSR count). The van der Waals surface area contributed by atoms with Crippen molar-refractivity contribution in [1.29, 1.82) is 0 Å². The maximum absolute atomic E-state index is 5.87. The average molecular weight is 247 g/mol. The lowest BCUT2D eigenvalue weighted by molar-refractivity contribution is 0.179. The second-order valence-electron chi connectivity index (χ2n) is 4.34. The summed E-state index contributed by atoms with van der Waals surface area (Å²) in [5, 5.41) is 3.48. The van der Waals surface area contributed by atoms with Gasteiger partial charge in [-0.3, -0.25) is 0 Å². The molecule has 0 spiro atoms. The molecule has 1 atom stereocenters. The van der Waals surface area contributed by atoms with Gasteiger partial charge in [0.15, 0.2) is 0 Å². The molecule has 0 radical (unpaired) electrons. The Hall–Kier alpha value is 0.0969. The van der Waals surface area contributed by atoms with Crippen LogP contribution in [0.3, 0.4) is 0 Å². The molecule has 0 fully saturated rings. The van der Waals surface area contributed by atoms with Crippen LogP contribution in [0.1, 0.15) is 40.5 Å². The van der Waals surface area contributed by atoms with Gasteiger partial charge in [0, 0.05) is 18.8 Å². The summed E-state index contributed by atoms with van der Waals surface area (Å²) in [6, 6.07) is 0. The largest absolute Gasteiger partial charge is 0.394 e. The van der Waals surface area contributed by atoms with E-state index in [1.807, 2.05) is 13.8 Å². The van der Waals surface area contributed by atoms with Crippen LogP contribution in [0.15, 0.2) is 0 Å². The Bertz CT molecular complexity index is 161. The van der Waals surface area contributed by atoms with Crippen LogP contribution >= 0.6 is 0 Å². The summed E-state index contributed by atoms with van der Waals surface area (Å²) in [6.07, 6.45) is 2.49. The van der Waals surface area contributed by atoms with Crippen LogP contribution < -0.4 is 5.32 Å². The predicted molar refractivity (Wildman–Crippen MR) is 72.1 cm³/mol. The highest BCUT2D eigenvalue weighted by Crippen LogP contribution is 2.23. The monoisotopic (exact) mass is 247 g/mol. The molecule has 0 aromatic rings. The maximum atomic E-state index is 5.87. The second kappa shape index (κ2) is 9.16. The van der Waals surface area contributed by atoms with Crippen LogP contribution in [0.5, 0.6) is 0 Å².